The lowest BCUT2D eigenvalue weighted by molar-refractivity contribution is -0.116. The van der Waals surface area contributed by atoms with Crippen LogP contribution in [0.4, 0.5) is 5.69 Å². The molecule has 24 heavy (non-hydrogen) atoms. The van der Waals surface area contributed by atoms with Crippen molar-refractivity contribution in [3.05, 3.63) is 48.4 Å². The molecule has 3 rings (SSSR count). The molecule has 0 fully saturated rings. The summed E-state index contributed by atoms with van der Waals surface area (Å²) in [4.78, 5) is 14.4. The lowest BCUT2D eigenvalue weighted by Crippen LogP contribution is -2.19. The van der Waals surface area contributed by atoms with Gasteiger partial charge in [0.05, 0.1) is 18.4 Å². The van der Waals surface area contributed by atoms with E-state index in [0.29, 0.717) is 0 Å². The molecule has 0 bridgehead atoms. The third kappa shape index (κ3) is 3.65. The molecule has 0 radical (unpaired) electrons. The fourth-order valence-electron chi connectivity index (χ4n) is 2.77. The second-order valence-electron chi connectivity index (χ2n) is 6.30. The quantitative estimate of drug-likeness (QED) is 0.757. The molecule has 0 atom stereocenters. The maximum absolute atomic E-state index is 12.3. The van der Waals surface area contributed by atoms with Gasteiger partial charge in [0.15, 0.2) is 0 Å². The van der Waals surface area contributed by atoms with Gasteiger partial charge in [0, 0.05) is 29.8 Å². The van der Waals surface area contributed by atoms with Crippen LogP contribution in [0, 0.1) is 6.92 Å². The molecule has 126 valence electrons. The van der Waals surface area contributed by atoms with Crippen LogP contribution < -0.4 is 5.32 Å². The number of rotatable bonds is 6. The molecule has 2 aromatic heterocycles. The zero-order chi connectivity index (χ0) is 17.1. The van der Waals surface area contributed by atoms with Crippen molar-refractivity contribution >= 4 is 22.5 Å². The van der Waals surface area contributed by atoms with Gasteiger partial charge in [-0.2, -0.15) is 5.10 Å². The number of nitrogens with zero attached hydrogens (tertiary/aromatic N) is 4. The van der Waals surface area contributed by atoms with E-state index in [-0.39, 0.29) is 12.5 Å². The van der Waals surface area contributed by atoms with E-state index in [1.165, 1.54) is 10.9 Å². The second kappa shape index (κ2) is 6.88. The van der Waals surface area contributed by atoms with Crippen molar-refractivity contribution < 1.29 is 4.79 Å². The molecule has 6 nitrogen and oxygen atoms in total. The van der Waals surface area contributed by atoms with Crippen molar-refractivity contribution in [2.45, 2.75) is 20.0 Å². The molecule has 6 heteroatoms. The Morgan fingerprint density at radius 2 is 2.04 bits per heavy atom. The van der Waals surface area contributed by atoms with E-state index in [0.717, 1.165) is 24.3 Å². The minimum absolute atomic E-state index is 0.0529. The highest BCUT2D eigenvalue weighted by Gasteiger charge is 2.10. The van der Waals surface area contributed by atoms with Gasteiger partial charge < -0.3 is 14.8 Å². The third-order valence-corrected chi connectivity index (χ3v) is 4.00. The molecular weight excluding hydrogens is 302 g/mol. The predicted octanol–water partition coefficient (Wildman–Crippen LogP) is 2.35. The summed E-state index contributed by atoms with van der Waals surface area (Å²) in [5, 5.41) is 8.37. The normalized spacial score (nSPS) is 11.3. The number of likely N-dealkylation sites (N-methyl/N-ethyl adjacent to an activating group) is 1. The average Bonchev–Trinajstić information content (AvgIpc) is 3.11. The van der Waals surface area contributed by atoms with Crippen LogP contribution in [0.25, 0.3) is 10.9 Å². The lowest BCUT2D eigenvalue weighted by atomic mass is 10.2. The number of hydrogen-bond donors (Lipinski definition) is 1. The Bertz CT molecular complexity index is 846. The van der Waals surface area contributed by atoms with Gasteiger partial charge in [0.25, 0.3) is 0 Å². The van der Waals surface area contributed by atoms with Crippen LogP contribution >= 0.6 is 0 Å². The number of benzene rings is 1. The minimum Gasteiger partial charge on any atom is -0.338 e. The Morgan fingerprint density at radius 1 is 1.25 bits per heavy atom. The zero-order valence-corrected chi connectivity index (χ0v) is 14.4. The van der Waals surface area contributed by atoms with E-state index < -0.39 is 0 Å². The fourth-order valence-corrected chi connectivity index (χ4v) is 2.77. The Labute approximate surface area is 141 Å². The molecule has 0 saturated heterocycles. The summed E-state index contributed by atoms with van der Waals surface area (Å²) in [5.74, 6) is -0.0529. The van der Waals surface area contributed by atoms with Gasteiger partial charge in [-0.25, -0.2) is 0 Å². The van der Waals surface area contributed by atoms with Crippen molar-refractivity contribution in [3.63, 3.8) is 0 Å². The molecule has 0 aliphatic carbocycles. The lowest BCUT2D eigenvalue weighted by Gasteiger charge is -2.08. The molecular formula is C18H23N5O. The van der Waals surface area contributed by atoms with E-state index in [1.54, 1.807) is 6.20 Å². The summed E-state index contributed by atoms with van der Waals surface area (Å²) in [5.41, 5.74) is 2.98. The number of para-hydroxylation sites is 1. The monoisotopic (exact) mass is 325 g/mol. The van der Waals surface area contributed by atoms with E-state index in [4.69, 9.17) is 0 Å². The van der Waals surface area contributed by atoms with Crippen LogP contribution in [0.1, 0.15) is 5.56 Å². The Hall–Kier alpha value is -2.60. The Morgan fingerprint density at radius 3 is 2.83 bits per heavy atom. The highest BCUT2D eigenvalue weighted by atomic mass is 16.1. The number of hydrogen-bond acceptors (Lipinski definition) is 3. The van der Waals surface area contributed by atoms with Crippen LogP contribution in [0.3, 0.4) is 0 Å². The molecule has 1 N–H and O–H groups in total. The van der Waals surface area contributed by atoms with Gasteiger partial charge >= 0.3 is 0 Å². The zero-order valence-electron chi connectivity index (χ0n) is 14.4. The summed E-state index contributed by atoms with van der Waals surface area (Å²) in [6.07, 6.45) is 5.57. The van der Waals surface area contributed by atoms with Gasteiger partial charge in [0.2, 0.25) is 5.91 Å². The molecule has 1 aromatic carbocycles. The summed E-state index contributed by atoms with van der Waals surface area (Å²) in [7, 11) is 4.05. The molecule has 3 aromatic rings. The Balaban J connectivity index is 1.65. The van der Waals surface area contributed by atoms with E-state index in [2.05, 4.69) is 28.3 Å². The maximum atomic E-state index is 12.3. The van der Waals surface area contributed by atoms with Crippen molar-refractivity contribution in [2.75, 3.05) is 26.0 Å². The van der Waals surface area contributed by atoms with Gasteiger partial charge in [-0.3, -0.25) is 9.48 Å². The second-order valence-corrected chi connectivity index (χ2v) is 6.30. The number of aryl methyl sites for hydroxylation is 1. The van der Waals surface area contributed by atoms with E-state index in [9.17, 15) is 4.79 Å². The molecule has 2 heterocycles. The first-order chi connectivity index (χ1) is 11.5. The molecule has 0 unspecified atom stereocenters. The third-order valence-electron chi connectivity index (χ3n) is 4.00. The molecule has 0 spiro atoms. The number of carbonyl (C=O) groups excluding carboxylic acids is 1. The van der Waals surface area contributed by atoms with Crippen molar-refractivity contribution in [1.82, 2.24) is 19.2 Å². The van der Waals surface area contributed by atoms with Crippen LogP contribution in [-0.4, -0.2) is 45.8 Å². The van der Waals surface area contributed by atoms with Crippen LogP contribution in [0.5, 0.6) is 0 Å². The number of aromatic nitrogens is 3. The van der Waals surface area contributed by atoms with Crippen LogP contribution in [0.2, 0.25) is 0 Å². The highest BCUT2D eigenvalue weighted by molar-refractivity contribution is 5.92. The van der Waals surface area contributed by atoms with Crippen molar-refractivity contribution in [2.24, 2.45) is 0 Å². The number of fused-ring (bicyclic) bond motifs is 1. The Kier molecular flexibility index (Phi) is 4.66. The minimum atomic E-state index is -0.0529. The first-order valence-corrected chi connectivity index (χ1v) is 8.04. The summed E-state index contributed by atoms with van der Waals surface area (Å²) < 4.78 is 3.82. The van der Waals surface area contributed by atoms with Gasteiger partial charge in [-0.05, 0) is 32.6 Å². The highest BCUT2D eigenvalue weighted by Crippen LogP contribution is 2.20. The SMILES string of the molecule is Cc1cn(CC(=O)Nc2cnn(CCN(C)C)c2)c2ccccc12. The topological polar surface area (TPSA) is 55.1 Å². The summed E-state index contributed by atoms with van der Waals surface area (Å²) >= 11 is 0. The summed E-state index contributed by atoms with van der Waals surface area (Å²) in [6.45, 7) is 4.05. The van der Waals surface area contributed by atoms with Gasteiger partial charge in [-0.1, -0.05) is 18.2 Å². The molecule has 0 aliphatic heterocycles. The molecule has 1 amide bonds. The van der Waals surface area contributed by atoms with Gasteiger partial charge in [0.1, 0.15) is 6.54 Å². The summed E-state index contributed by atoms with van der Waals surface area (Å²) in [6, 6.07) is 8.12. The number of anilines is 1. The van der Waals surface area contributed by atoms with Gasteiger partial charge in [-0.15, -0.1) is 0 Å². The number of amides is 1. The van der Waals surface area contributed by atoms with E-state index in [1.807, 2.05) is 53.9 Å². The molecule has 0 aliphatic rings. The maximum Gasteiger partial charge on any atom is 0.244 e. The van der Waals surface area contributed by atoms with Crippen molar-refractivity contribution in [3.8, 4) is 0 Å². The van der Waals surface area contributed by atoms with Crippen LogP contribution in [-0.2, 0) is 17.9 Å². The number of carbonyl (C=O) groups is 1. The predicted molar refractivity (Wildman–Crippen MR) is 96.1 cm³/mol. The smallest absolute Gasteiger partial charge is 0.244 e. The molecule has 0 saturated carbocycles. The first kappa shape index (κ1) is 16.3. The average molecular weight is 325 g/mol. The largest absolute Gasteiger partial charge is 0.338 e. The van der Waals surface area contributed by atoms with E-state index >= 15 is 0 Å². The first-order valence-electron chi connectivity index (χ1n) is 8.04. The fraction of sp³-hybridized carbons (Fsp3) is 0.333. The number of nitrogens with one attached hydrogen (secondary N) is 1. The van der Waals surface area contributed by atoms with Crippen LogP contribution in [0.15, 0.2) is 42.9 Å². The van der Waals surface area contributed by atoms with Crippen molar-refractivity contribution in [1.29, 1.82) is 0 Å². The standard InChI is InChI=1S/C18H23N5O/c1-14-11-22(17-7-5-4-6-16(14)17)13-18(24)20-15-10-19-23(12-15)9-8-21(2)3/h4-7,10-12H,8-9,13H2,1-3H3,(H,20,24).